The maximum absolute atomic E-state index is 12.1. The third-order valence-corrected chi connectivity index (χ3v) is 3.88. The Kier molecular flexibility index (Phi) is 5.55. The number of hydrogen-bond donors (Lipinski definition) is 2. The van der Waals surface area contributed by atoms with Gasteiger partial charge in [0.15, 0.2) is 6.10 Å². The van der Waals surface area contributed by atoms with E-state index in [1.165, 1.54) is 11.3 Å². The van der Waals surface area contributed by atoms with E-state index in [0.717, 1.165) is 5.56 Å². The first-order valence-electron chi connectivity index (χ1n) is 6.97. The Morgan fingerprint density at radius 3 is 2.50 bits per heavy atom. The predicted molar refractivity (Wildman–Crippen MR) is 85.8 cm³/mol. The number of thiophene rings is 1. The molecular formula is C16H18N2O3S. The van der Waals surface area contributed by atoms with Gasteiger partial charge in [0.1, 0.15) is 5.75 Å². The zero-order chi connectivity index (χ0) is 15.9. The summed E-state index contributed by atoms with van der Waals surface area (Å²) in [5, 5.41) is 1.80. The van der Waals surface area contributed by atoms with Crippen LogP contribution < -0.4 is 15.6 Å². The van der Waals surface area contributed by atoms with Crippen molar-refractivity contribution < 1.29 is 14.3 Å². The molecule has 0 aliphatic heterocycles. The summed E-state index contributed by atoms with van der Waals surface area (Å²) in [5.41, 5.74) is 5.90. The van der Waals surface area contributed by atoms with Gasteiger partial charge in [-0.15, -0.1) is 11.3 Å². The van der Waals surface area contributed by atoms with E-state index in [-0.39, 0.29) is 11.8 Å². The van der Waals surface area contributed by atoms with E-state index in [1.54, 1.807) is 17.5 Å². The lowest BCUT2D eigenvalue weighted by Crippen LogP contribution is -2.47. The van der Waals surface area contributed by atoms with Crippen molar-refractivity contribution in [3.05, 3.63) is 52.2 Å². The highest BCUT2D eigenvalue weighted by Crippen LogP contribution is 2.14. The Bertz CT molecular complexity index is 623. The molecule has 2 amide bonds. The molecule has 1 heterocycles. The fraction of sp³-hybridized carbons (Fsp3) is 0.250. The molecule has 22 heavy (non-hydrogen) atoms. The van der Waals surface area contributed by atoms with Crippen LogP contribution in [0.1, 0.15) is 28.6 Å². The third-order valence-electron chi connectivity index (χ3n) is 3.01. The minimum absolute atomic E-state index is 0.339. The highest BCUT2D eigenvalue weighted by atomic mass is 32.1. The molecule has 2 aromatic rings. The Morgan fingerprint density at radius 1 is 1.18 bits per heavy atom. The molecule has 1 aromatic heterocycles. The average Bonchev–Trinajstić information content (AvgIpc) is 3.06. The summed E-state index contributed by atoms with van der Waals surface area (Å²) in [4.78, 5) is 24.4. The van der Waals surface area contributed by atoms with Crippen LogP contribution in [0.3, 0.4) is 0 Å². The number of carbonyl (C=O) groups excluding carboxylic acids is 2. The minimum atomic E-state index is -0.661. The zero-order valence-corrected chi connectivity index (χ0v) is 13.3. The first-order valence-corrected chi connectivity index (χ1v) is 7.85. The van der Waals surface area contributed by atoms with Crippen LogP contribution in [0.4, 0.5) is 0 Å². The third kappa shape index (κ3) is 4.33. The molecule has 0 radical (unpaired) electrons. The number of hydrogen-bond acceptors (Lipinski definition) is 4. The largest absolute Gasteiger partial charge is 0.481 e. The maximum atomic E-state index is 12.1. The van der Waals surface area contributed by atoms with Crippen LogP contribution in [-0.4, -0.2) is 17.9 Å². The van der Waals surface area contributed by atoms with Crippen LogP contribution >= 0.6 is 11.3 Å². The lowest BCUT2D eigenvalue weighted by molar-refractivity contribution is -0.128. The number of aryl methyl sites for hydroxylation is 1. The summed E-state index contributed by atoms with van der Waals surface area (Å²) in [7, 11) is 0. The standard InChI is InChI=1S/C16H18N2O3S/c1-3-13(21-12-8-6-11(2)7-9-12)15(19)17-18-16(20)14-5-4-10-22-14/h4-10,13H,3H2,1-2H3,(H,17,19)(H,18,20)/t13-/m0/s1. The smallest absolute Gasteiger partial charge is 0.279 e. The molecule has 2 N–H and O–H groups in total. The number of amides is 2. The van der Waals surface area contributed by atoms with Crippen molar-refractivity contribution in [3.63, 3.8) is 0 Å². The Labute approximate surface area is 133 Å². The van der Waals surface area contributed by atoms with Crippen molar-refractivity contribution >= 4 is 23.2 Å². The second-order valence-electron chi connectivity index (χ2n) is 4.75. The van der Waals surface area contributed by atoms with Crippen LogP contribution in [0.25, 0.3) is 0 Å². The molecule has 0 fully saturated rings. The van der Waals surface area contributed by atoms with Crippen LogP contribution in [0.5, 0.6) is 5.75 Å². The van der Waals surface area contributed by atoms with Crippen molar-refractivity contribution in [2.45, 2.75) is 26.4 Å². The second-order valence-corrected chi connectivity index (χ2v) is 5.70. The summed E-state index contributed by atoms with van der Waals surface area (Å²) in [5.74, 6) is -0.0984. The fourth-order valence-electron chi connectivity index (χ4n) is 1.77. The monoisotopic (exact) mass is 318 g/mol. The van der Waals surface area contributed by atoms with E-state index in [1.807, 2.05) is 38.1 Å². The van der Waals surface area contributed by atoms with Gasteiger partial charge < -0.3 is 4.74 Å². The van der Waals surface area contributed by atoms with Gasteiger partial charge in [-0.3, -0.25) is 20.4 Å². The molecular weight excluding hydrogens is 300 g/mol. The van der Waals surface area contributed by atoms with Gasteiger partial charge in [0.2, 0.25) is 0 Å². The summed E-state index contributed by atoms with van der Waals surface area (Å²) in [6.07, 6.45) is -0.166. The van der Waals surface area contributed by atoms with Crippen LogP contribution in [0, 0.1) is 6.92 Å². The lowest BCUT2D eigenvalue weighted by atomic mass is 10.2. The number of benzene rings is 1. The summed E-state index contributed by atoms with van der Waals surface area (Å²) < 4.78 is 5.64. The van der Waals surface area contributed by atoms with Gasteiger partial charge in [-0.05, 0) is 36.9 Å². The predicted octanol–water partition coefficient (Wildman–Crippen LogP) is 2.68. The van der Waals surface area contributed by atoms with Crippen molar-refractivity contribution in [2.75, 3.05) is 0 Å². The van der Waals surface area contributed by atoms with Crippen molar-refractivity contribution in [1.29, 1.82) is 0 Å². The van der Waals surface area contributed by atoms with Gasteiger partial charge in [-0.25, -0.2) is 0 Å². The molecule has 0 spiro atoms. The molecule has 0 aliphatic rings. The molecule has 116 valence electrons. The number of carbonyl (C=O) groups is 2. The number of nitrogens with one attached hydrogen (secondary N) is 2. The van der Waals surface area contributed by atoms with Crippen molar-refractivity contribution in [2.24, 2.45) is 0 Å². The van der Waals surface area contributed by atoms with E-state index in [0.29, 0.717) is 17.0 Å². The highest BCUT2D eigenvalue weighted by molar-refractivity contribution is 7.12. The van der Waals surface area contributed by atoms with Gasteiger partial charge in [0.25, 0.3) is 11.8 Å². The molecule has 2 rings (SSSR count). The van der Waals surface area contributed by atoms with Gasteiger partial charge in [-0.1, -0.05) is 30.7 Å². The number of rotatable bonds is 5. The molecule has 0 saturated carbocycles. The van der Waals surface area contributed by atoms with Crippen LogP contribution in [0.2, 0.25) is 0 Å². The van der Waals surface area contributed by atoms with Gasteiger partial charge in [0.05, 0.1) is 4.88 Å². The summed E-state index contributed by atoms with van der Waals surface area (Å²) in [6.45, 7) is 3.83. The molecule has 0 aliphatic carbocycles. The number of ether oxygens (including phenoxy) is 1. The second kappa shape index (κ2) is 7.61. The SMILES string of the molecule is CC[C@H](Oc1ccc(C)cc1)C(=O)NNC(=O)c1cccs1. The van der Waals surface area contributed by atoms with E-state index in [9.17, 15) is 9.59 Å². The molecule has 6 heteroatoms. The first-order chi connectivity index (χ1) is 10.6. The lowest BCUT2D eigenvalue weighted by Gasteiger charge is -2.17. The molecule has 0 unspecified atom stereocenters. The summed E-state index contributed by atoms with van der Waals surface area (Å²) >= 11 is 1.31. The Hall–Kier alpha value is -2.34. The molecule has 1 atom stereocenters. The van der Waals surface area contributed by atoms with Crippen LogP contribution in [0.15, 0.2) is 41.8 Å². The van der Waals surface area contributed by atoms with Gasteiger partial charge in [-0.2, -0.15) is 0 Å². The van der Waals surface area contributed by atoms with E-state index in [4.69, 9.17) is 4.74 Å². The topological polar surface area (TPSA) is 67.4 Å². The first kappa shape index (κ1) is 16.0. The maximum Gasteiger partial charge on any atom is 0.279 e. The molecule has 1 aromatic carbocycles. The highest BCUT2D eigenvalue weighted by Gasteiger charge is 2.19. The minimum Gasteiger partial charge on any atom is -0.481 e. The average molecular weight is 318 g/mol. The summed E-state index contributed by atoms with van der Waals surface area (Å²) in [6, 6.07) is 10.9. The van der Waals surface area contributed by atoms with Gasteiger partial charge in [0, 0.05) is 0 Å². The zero-order valence-electron chi connectivity index (χ0n) is 12.5. The Morgan fingerprint density at radius 2 is 1.91 bits per heavy atom. The Balaban J connectivity index is 1.88. The van der Waals surface area contributed by atoms with Crippen molar-refractivity contribution in [1.82, 2.24) is 10.9 Å². The van der Waals surface area contributed by atoms with E-state index in [2.05, 4.69) is 10.9 Å². The van der Waals surface area contributed by atoms with Crippen LogP contribution in [-0.2, 0) is 4.79 Å². The number of hydrazine groups is 1. The normalized spacial score (nSPS) is 11.5. The fourth-order valence-corrected chi connectivity index (χ4v) is 2.39. The van der Waals surface area contributed by atoms with E-state index < -0.39 is 6.10 Å². The van der Waals surface area contributed by atoms with Gasteiger partial charge >= 0.3 is 0 Å². The van der Waals surface area contributed by atoms with E-state index >= 15 is 0 Å². The quantitative estimate of drug-likeness (QED) is 0.833. The molecule has 0 saturated heterocycles. The molecule has 0 bridgehead atoms. The molecule has 5 nitrogen and oxygen atoms in total. The van der Waals surface area contributed by atoms with Crippen molar-refractivity contribution in [3.8, 4) is 5.75 Å².